The Morgan fingerprint density at radius 3 is 2.64 bits per heavy atom. The van der Waals surface area contributed by atoms with E-state index in [1.54, 1.807) is 17.0 Å². The summed E-state index contributed by atoms with van der Waals surface area (Å²) in [4.78, 5) is 24.3. The van der Waals surface area contributed by atoms with Gasteiger partial charge in [0.05, 0.1) is 37.4 Å². The Morgan fingerprint density at radius 1 is 1.20 bits per heavy atom. The predicted octanol–water partition coefficient (Wildman–Crippen LogP) is 1.72. The molecule has 0 aromatic carbocycles. The molecule has 0 unspecified atom stereocenters. The van der Waals surface area contributed by atoms with Crippen LogP contribution in [0.1, 0.15) is 23.4 Å². The smallest absolute Gasteiger partial charge is 0.289 e. The molecule has 2 aromatic rings. The molecule has 0 radical (unpaired) electrons. The van der Waals surface area contributed by atoms with Crippen LogP contribution in [0.5, 0.6) is 0 Å². The number of halogens is 1. The zero-order valence-electron chi connectivity index (χ0n) is 13.7. The molecule has 0 N–H and O–H groups in total. The number of hydrogen-bond acceptors (Lipinski definition) is 6. The lowest BCUT2D eigenvalue weighted by molar-refractivity contribution is -0.0874. The first kappa shape index (κ1) is 16.0. The van der Waals surface area contributed by atoms with Crippen molar-refractivity contribution < 1.29 is 18.3 Å². The number of hydrogen-bond donors (Lipinski definition) is 0. The van der Waals surface area contributed by atoms with Gasteiger partial charge in [0.15, 0.2) is 11.6 Å². The second-order valence-electron chi connectivity index (χ2n) is 6.42. The van der Waals surface area contributed by atoms with E-state index in [0.29, 0.717) is 44.5 Å². The number of furan rings is 1. The molecular weight excluding hydrogens is 327 g/mol. The van der Waals surface area contributed by atoms with Crippen LogP contribution < -0.4 is 4.90 Å². The van der Waals surface area contributed by atoms with E-state index in [0.717, 1.165) is 12.8 Å². The van der Waals surface area contributed by atoms with Gasteiger partial charge in [0.1, 0.15) is 0 Å². The highest BCUT2D eigenvalue weighted by Crippen LogP contribution is 2.31. The number of rotatable bonds is 2. The van der Waals surface area contributed by atoms with Gasteiger partial charge >= 0.3 is 0 Å². The van der Waals surface area contributed by atoms with Crippen molar-refractivity contribution in [2.45, 2.75) is 18.4 Å². The molecule has 2 fully saturated rings. The number of anilines is 1. The van der Waals surface area contributed by atoms with Crippen molar-refractivity contribution in [3.8, 4) is 0 Å². The van der Waals surface area contributed by atoms with Crippen LogP contribution in [0.25, 0.3) is 0 Å². The molecule has 2 aromatic heterocycles. The summed E-state index contributed by atoms with van der Waals surface area (Å²) in [5.74, 6) is 0.339. The van der Waals surface area contributed by atoms with E-state index in [2.05, 4.69) is 9.97 Å². The van der Waals surface area contributed by atoms with Gasteiger partial charge in [-0.15, -0.1) is 0 Å². The van der Waals surface area contributed by atoms with Crippen LogP contribution in [0.2, 0.25) is 0 Å². The number of nitrogens with zero attached hydrogens (tertiary/aromatic N) is 4. The third-order valence-electron chi connectivity index (χ3n) is 4.83. The first-order valence-corrected chi connectivity index (χ1v) is 8.34. The van der Waals surface area contributed by atoms with Crippen molar-refractivity contribution in [2.75, 3.05) is 37.7 Å². The average molecular weight is 346 g/mol. The van der Waals surface area contributed by atoms with Crippen LogP contribution in [0.4, 0.5) is 10.3 Å². The molecule has 2 saturated heterocycles. The van der Waals surface area contributed by atoms with E-state index in [9.17, 15) is 9.18 Å². The number of carbonyl (C=O) groups is 1. The van der Waals surface area contributed by atoms with Gasteiger partial charge in [0, 0.05) is 19.6 Å². The van der Waals surface area contributed by atoms with Crippen LogP contribution >= 0.6 is 0 Å². The highest BCUT2D eigenvalue weighted by molar-refractivity contribution is 5.91. The molecule has 1 amide bonds. The molecule has 1 spiro atoms. The highest BCUT2D eigenvalue weighted by Gasteiger charge is 2.41. The minimum absolute atomic E-state index is 0.0885. The largest absolute Gasteiger partial charge is 0.459 e. The fraction of sp³-hybridized carbons (Fsp3) is 0.471. The fourth-order valence-corrected chi connectivity index (χ4v) is 3.46. The highest BCUT2D eigenvalue weighted by atomic mass is 19.1. The van der Waals surface area contributed by atoms with E-state index in [1.165, 1.54) is 18.7 Å². The molecule has 25 heavy (non-hydrogen) atoms. The second kappa shape index (κ2) is 6.44. The molecule has 4 rings (SSSR count). The molecule has 0 aliphatic carbocycles. The lowest BCUT2D eigenvalue weighted by atomic mass is 9.89. The summed E-state index contributed by atoms with van der Waals surface area (Å²) in [5, 5.41) is 0. The van der Waals surface area contributed by atoms with Gasteiger partial charge in [-0.2, -0.15) is 0 Å². The summed E-state index contributed by atoms with van der Waals surface area (Å²) in [7, 11) is 0. The van der Waals surface area contributed by atoms with Crippen LogP contribution in [-0.2, 0) is 4.74 Å². The quantitative estimate of drug-likeness (QED) is 0.825. The molecular formula is C17H19FN4O3. The third kappa shape index (κ3) is 3.21. The van der Waals surface area contributed by atoms with E-state index in [4.69, 9.17) is 9.15 Å². The maximum absolute atomic E-state index is 13.0. The minimum Gasteiger partial charge on any atom is -0.459 e. The van der Waals surface area contributed by atoms with Crippen molar-refractivity contribution in [3.63, 3.8) is 0 Å². The topological polar surface area (TPSA) is 71.7 Å². The molecule has 4 heterocycles. The lowest BCUT2D eigenvalue weighted by Gasteiger charge is -2.47. The Kier molecular flexibility index (Phi) is 4.12. The fourth-order valence-electron chi connectivity index (χ4n) is 3.46. The number of likely N-dealkylation sites (tertiary alicyclic amines) is 1. The number of piperidine rings is 1. The summed E-state index contributed by atoms with van der Waals surface area (Å²) in [6.45, 7) is 3.09. The number of aromatic nitrogens is 2. The first-order valence-electron chi connectivity index (χ1n) is 8.34. The number of amides is 1. The van der Waals surface area contributed by atoms with Gasteiger partial charge in [-0.05, 0) is 25.0 Å². The van der Waals surface area contributed by atoms with E-state index in [1.807, 2.05) is 4.90 Å². The van der Waals surface area contributed by atoms with Crippen molar-refractivity contribution >= 4 is 11.9 Å². The van der Waals surface area contributed by atoms with Gasteiger partial charge in [0.2, 0.25) is 5.95 Å². The summed E-state index contributed by atoms with van der Waals surface area (Å²) < 4.78 is 24.3. The van der Waals surface area contributed by atoms with Gasteiger partial charge in [-0.3, -0.25) is 4.79 Å². The van der Waals surface area contributed by atoms with Gasteiger partial charge in [-0.1, -0.05) is 0 Å². The van der Waals surface area contributed by atoms with Gasteiger partial charge in [0.25, 0.3) is 5.91 Å². The van der Waals surface area contributed by atoms with Crippen molar-refractivity contribution in [1.29, 1.82) is 0 Å². The molecule has 2 aliphatic heterocycles. The van der Waals surface area contributed by atoms with E-state index >= 15 is 0 Å². The Morgan fingerprint density at radius 2 is 1.96 bits per heavy atom. The Labute approximate surface area is 144 Å². The van der Waals surface area contributed by atoms with Crippen LogP contribution in [0, 0.1) is 5.82 Å². The standard InChI is InChI=1S/C17H19FN4O3/c18-13-10-19-16(20-11-13)22-7-9-25-17(12-22)3-5-21(6-4-17)15(23)14-2-1-8-24-14/h1-2,8,10-11H,3-7,9,12H2. The lowest BCUT2D eigenvalue weighted by Crippen LogP contribution is -2.58. The molecule has 2 aliphatic rings. The number of carbonyl (C=O) groups excluding carboxylic acids is 1. The molecule has 0 saturated carbocycles. The monoisotopic (exact) mass is 346 g/mol. The van der Waals surface area contributed by atoms with Gasteiger partial charge in [-0.25, -0.2) is 14.4 Å². The maximum Gasteiger partial charge on any atom is 0.289 e. The average Bonchev–Trinajstić information content (AvgIpc) is 3.17. The van der Waals surface area contributed by atoms with Gasteiger partial charge < -0.3 is 19.0 Å². The molecule has 8 heteroatoms. The summed E-state index contributed by atoms with van der Waals surface area (Å²) in [6.07, 6.45) is 5.32. The number of morpholine rings is 1. The molecule has 7 nitrogen and oxygen atoms in total. The van der Waals surface area contributed by atoms with E-state index in [-0.39, 0.29) is 11.5 Å². The maximum atomic E-state index is 13.0. The SMILES string of the molecule is O=C(c1ccco1)N1CCC2(CC1)CN(c1ncc(F)cn1)CCO2. The number of ether oxygens (including phenoxy) is 1. The Balaban J connectivity index is 1.41. The zero-order chi connectivity index (χ0) is 17.3. The van der Waals surface area contributed by atoms with Crippen LogP contribution in [-0.4, -0.2) is 59.2 Å². The van der Waals surface area contributed by atoms with Crippen molar-refractivity contribution in [2.24, 2.45) is 0 Å². The van der Waals surface area contributed by atoms with Crippen LogP contribution in [0.15, 0.2) is 35.2 Å². The summed E-state index contributed by atoms with van der Waals surface area (Å²) in [6, 6.07) is 3.39. The van der Waals surface area contributed by atoms with E-state index < -0.39 is 5.82 Å². The Hall–Kier alpha value is -2.48. The minimum atomic E-state index is -0.448. The normalized spacial score (nSPS) is 20.0. The molecule has 0 atom stereocenters. The van der Waals surface area contributed by atoms with Crippen molar-refractivity contribution in [1.82, 2.24) is 14.9 Å². The van der Waals surface area contributed by atoms with Crippen LogP contribution in [0.3, 0.4) is 0 Å². The summed E-state index contributed by atoms with van der Waals surface area (Å²) >= 11 is 0. The zero-order valence-corrected chi connectivity index (χ0v) is 13.7. The predicted molar refractivity (Wildman–Crippen MR) is 86.7 cm³/mol. The Bertz CT molecular complexity index is 727. The molecule has 132 valence electrons. The third-order valence-corrected chi connectivity index (χ3v) is 4.83. The van der Waals surface area contributed by atoms with Crippen molar-refractivity contribution in [3.05, 3.63) is 42.4 Å². The first-order chi connectivity index (χ1) is 12.2. The second-order valence-corrected chi connectivity index (χ2v) is 6.42. The summed E-state index contributed by atoms with van der Waals surface area (Å²) in [5.41, 5.74) is -0.323. The molecule has 0 bridgehead atoms.